The van der Waals surface area contributed by atoms with E-state index in [1.165, 1.54) is 6.07 Å². The van der Waals surface area contributed by atoms with Gasteiger partial charge in [-0.05, 0) is 26.0 Å². The maximum absolute atomic E-state index is 12.9. The van der Waals surface area contributed by atoms with Crippen molar-refractivity contribution in [1.82, 2.24) is 4.98 Å². The van der Waals surface area contributed by atoms with Gasteiger partial charge in [-0.25, -0.2) is 4.98 Å². The topological polar surface area (TPSA) is 60.5 Å². The lowest BCUT2D eigenvalue weighted by molar-refractivity contribution is -0.134. The SMILES string of the molecule is CCOc1ccc(OCC)c(NC(=O)c2ncsc2C(F)(F)F)c1. The third-order valence-electron chi connectivity index (χ3n) is 2.85. The van der Waals surface area contributed by atoms with Crippen molar-refractivity contribution in [3.63, 3.8) is 0 Å². The molecule has 0 fully saturated rings. The summed E-state index contributed by atoms with van der Waals surface area (Å²) in [6.07, 6.45) is -4.64. The second-order valence-corrected chi connectivity index (χ2v) is 5.36. The van der Waals surface area contributed by atoms with Gasteiger partial charge in [0.15, 0.2) is 5.69 Å². The molecule has 1 heterocycles. The monoisotopic (exact) mass is 360 g/mol. The van der Waals surface area contributed by atoms with E-state index in [1.54, 1.807) is 26.0 Å². The van der Waals surface area contributed by atoms with Gasteiger partial charge in [-0.15, -0.1) is 11.3 Å². The standard InChI is InChI=1S/C15H15F3N2O3S/c1-3-22-9-5-6-11(23-4-2)10(7-9)20-14(21)12-13(15(16,17)18)24-8-19-12/h5-8H,3-4H2,1-2H3,(H,20,21). The number of carbonyl (C=O) groups is 1. The molecule has 0 bridgehead atoms. The highest BCUT2D eigenvalue weighted by Gasteiger charge is 2.38. The Labute approximate surface area is 140 Å². The summed E-state index contributed by atoms with van der Waals surface area (Å²) in [7, 11) is 0. The summed E-state index contributed by atoms with van der Waals surface area (Å²) in [4.78, 5) is 14.7. The van der Waals surface area contributed by atoms with E-state index in [4.69, 9.17) is 9.47 Å². The number of amides is 1. The van der Waals surface area contributed by atoms with Crippen LogP contribution < -0.4 is 14.8 Å². The summed E-state index contributed by atoms with van der Waals surface area (Å²) in [5.41, 5.74) is 0.531. The van der Waals surface area contributed by atoms with E-state index in [0.717, 1.165) is 5.51 Å². The third-order valence-corrected chi connectivity index (χ3v) is 3.72. The Bertz CT molecular complexity index is 716. The fourth-order valence-electron chi connectivity index (χ4n) is 1.94. The Balaban J connectivity index is 2.31. The maximum atomic E-state index is 12.9. The smallest absolute Gasteiger partial charge is 0.427 e. The van der Waals surface area contributed by atoms with Gasteiger partial charge in [0.1, 0.15) is 16.4 Å². The van der Waals surface area contributed by atoms with Crippen LogP contribution in [0, 0.1) is 0 Å². The number of carbonyl (C=O) groups excluding carboxylic acids is 1. The van der Waals surface area contributed by atoms with Gasteiger partial charge < -0.3 is 14.8 Å². The van der Waals surface area contributed by atoms with Gasteiger partial charge >= 0.3 is 6.18 Å². The number of benzene rings is 1. The maximum Gasteiger partial charge on any atom is 0.427 e. The minimum Gasteiger partial charge on any atom is -0.494 e. The first kappa shape index (κ1) is 18.1. The summed E-state index contributed by atoms with van der Waals surface area (Å²) in [6, 6.07) is 4.72. The Morgan fingerprint density at radius 1 is 1.25 bits per heavy atom. The van der Waals surface area contributed by atoms with E-state index < -0.39 is 22.7 Å². The molecule has 0 unspecified atom stereocenters. The van der Waals surface area contributed by atoms with Crippen LogP contribution in [0.3, 0.4) is 0 Å². The first-order chi connectivity index (χ1) is 11.4. The molecule has 5 nitrogen and oxygen atoms in total. The lowest BCUT2D eigenvalue weighted by atomic mass is 10.2. The van der Waals surface area contributed by atoms with Crippen LogP contribution >= 0.6 is 11.3 Å². The average Bonchev–Trinajstić information content (AvgIpc) is 3.00. The minimum atomic E-state index is -4.64. The second-order valence-electron chi connectivity index (χ2n) is 4.51. The van der Waals surface area contributed by atoms with Gasteiger partial charge in [0.2, 0.25) is 0 Å². The van der Waals surface area contributed by atoms with Crippen LogP contribution in [0.5, 0.6) is 11.5 Å². The normalized spacial score (nSPS) is 11.2. The molecule has 1 aromatic heterocycles. The zero-order valence-corrected chi connectivity index (χ0v) is 13.8. The van der Waals surface area contributed by atoms with Crippen molar-refractivity contribution in [1.29, 1.82) is 0 Å². The van der Waals surface area contributed by atoms with Crippen LogP contribution in [0.15, 0.2) is 23.7 Å². The summed E-state index contributed by atoms with van der Waals surface area (Å²) < 4.78 is 49.4. The van der Waals surface area contributed by atoms with Gasteiger partial charge in [0, 0.05) is 6.07 Å². The zero-order valence-electron chi connectivity index (χ0n) is 12.9. The summed E-state index contributed by atoms with van der Waals surface area (Å²) in [6.45, 7) is 4.29. The molecule has 2 aromatic rings. The first-order valence-corrected chi connectivity index (χ1v) is 7.96. The van der Waals surface area contributed by atoms with Crippen LogP contribution in [-0.4, -0.2) is 24.1 Å². The third kappa shape index (κ3) is 4.16. The van der Waals surface area contributed by atoms with Crippen LogP contribution in [0.2, 0.25) is 0 Å². The number of halogens is 3. The number of thiazole rings is 1. The molecule has 24 heavy (non-hydrogen) atoms. The summed E-state index contributed by atoms with van der Waals surface area (Å²) >= 11 is 0.368. The first-order valence-electron chi connectivity index (χ1n) is 7.08. The van der Waals surface area contributed by atoms with Crippen molar-refractivity contribution in [2.45, 2.75) is 20.0 Å². The predicted molar refractivity (Wildman–Crippen MR) is 83.8 cm³/mol. The van der Waals surface area contributed by atoms with Gasteiger partial charge in [-0.1, -0.05) is 0 Å². The fourth-order valence-corrected chi connectivity index (χ4v) is 2.59. The number of ether oxygens (including phenoxy) is 2. The Morgan fingerprint density at radius 3 is 2.58 bits per heavy atom. The van der Waals surface area contributed by atoms with E-state index >= 15 is 0 Å². The van der Waals surface area contributed by atoms with E-state index in [9.17, 15) is 18.0 Å². The number of rotatable bonds is 6. The number of alkyl halides is 3. The largest absolute Gasteiger partial charge is 0.494 e. The predicted octanol–water partition coefficient (Wildman–Crippen LogP) is 4.21. The molecule has 1 N–H and O–H groups in total. The van der Waals surface area contributed by atoms with Gasteiger partial charge in [0.05, 0.1) is 24.4 Å². The number of anilines is 1. The molecule has 9 heteroatoms. The number of hydrogen-bond acceptors (Lipinski definition) is 5. The highest BCUT2D eigenvalue weighted by molar-refractivity contribution is 7.10. The molecule has 130 valence electrons. The molecule has 0 aliphatic carbocycles. The van der Waals surface area contributed by atoms with E-state index in [2.05, 4.69) is 10.3 Å². The second kappa shape index (κ2) is 7.52. The summed E-state index contributed by atoms with van der Waals surface area (Å²) in [5.74, 6) is -0.165. The minimum absolute atomic E-state index is 0.217. The zero-order chi connectivity index (χ0) is 17.7. The van der Waals surface area contributed by atoms with Crippen LogP contribution in [0.25, 0.3) is 0 Å². The molecule has 0 aliphatic heterocycles. The molecule has 0 atom stereocenters. The molecule has 0 saturated heterocycles. The van der Waals surface area contributed by atoms with E-state index in [1.807, 2.05) is 0 Å². The Hall–Kier alpha value is -2.29. The number of nitrogens with zero attached hydrogens (tertiary/aromatic N) is 1. The number of nitrogens with one attached hydrogen (secondary N) is 1. The molecule has 0 radical (unpaired) electrons. The van der Waals surface area contributed by atoms with Crippen LogP contribution in [0.1, 0.15) is 29.2 Å². The number of aromatic nitrogens is 1. The highest BCUT2D eigenvalue weighted by Crippen LogP contribution is 2.36. The van der Waals surface area contributed by atoms with Crippen molar-refractivity contribution in [3.8, 4) is 11.5 Å². The quantitative estimate of drug-likeness (QED) is 0.838. The molecule has 1 amide bonds. The molecular weight excluding hydrogens is 345 g/mol. The summed E-state index contributed by atoms with van der Waals surface area (Å²) in [5, 5.41) is 2.41. The van der Waals surface area contributed by atoms with E-state index in [0.29, 0.717) is 36.0 Å². The Morgan fingerprint density at radius 2 is 1.96 bits per heavy atom. The molecular formula is C15H15F3N2O3S. The average molecular weight is 360 g/mol. The molecule has 0 spiro atoms. The van der Waals surface area contributed by atoms with Crippen LogP contribution in [-0.2, 0) is 6.18 Å². The van der Waals surface area contributed by atoms with Gasteiger partial charge in [0.25, 0.3) is 5.91 Å². The number of hydrogen-bond donors (Lipinski definition) is 1. The van der Waals surface area contributed by atoms with Gasteiger partial charge in [-0.3, -0.25) is 4.79 Å². The van der Waals surface area contributed by atoms with E-state index in [-0.39, 0.29) is 5.69 Å². The van der Waals surface area contributed by atoms with Gasteiger partial charge in [-0.2, -0.15) is 13.2 Å². The van der Waals surface area contributed by atoms with Crippen LogP contribution in [0.4, 0.5) is 18.9 Å². The van der Waals surface area contributed by atoms with Crippen molar-refractivity contribution in [3.05, 3.63) is 34.3 Å². The lowest BCUT2D eigenvalue weighted by Gasteiger charge is -2.13. The van der Waals surface area contributed by atoms with Crippen molar-refractivity contribution in [2.75, 3.05) is 18.5 Å². The fraction of sp³-hybridized carbons (Fsp3) is 0.333. The molecule has 0 aliphatic rings. The van der Waals surface area contributed by atoms with Crippen molar-refractivity contribution < 1.29 is 27.4 Å². The Kier molecular flexibility index (Phi) is 5.66. The molecule has 2 rings (SSSR count). The molecule has 1 aromatic carbocycles. The van der Waals surface area contributed by atoms with Crippen molar-refractivity contribution >= 4 is 22.9 Å². The van der Waals surface area contributed by atoms with Crippen molar-refractivity contribution in [2.24, 2.45) is 0 Å². The highest BCUT2D eigenvalue weighted by atomic mass is 32.1. The lowest BCUT2D eigenvalue weighted by Crippen LogP contribution is -2.18. The molecule has 0 saturated carbocycles.